The lowest BCUT2D eigenvalue weighted by Gasteiger charge is -2.46. The fraction of sp³-hybridized carbons (Fsp3) is 0.364. The number of amidine groups is 1. The summed E-state index contributed by atoms with van der Waals surface area (Å²) >= 11 is 1.49. The van der Waals surface area contributed by atoms with Crippen LogP contribution in [0, 0.1) is 11.7 Å². The number of fused-ring (bicyclic) bond motifs is 1. The molecule has 152 valence electrons. The average molecular weight is 415 g/mol. The number of ether oxygens (including phenoxy) is 2. The maximum Gasteiger partial charge on any atom is 0.257 e. The first-order chi connectivity index (χ1) is 14.1. The van der Waals surface area contributed by atoms with E-state index in [4.69, 9.17) is 14.5 Å². The van der Waals surface area contributed by atoms with Crippen molar-refractivity contribution in [2.75, 3.05) is 26.1 Å². The van der Waals surface area contributed by atoms with Gasteiger partial charge in [-0.05, 0) is 24.6 Å². The lowest BCUT2D eigenvalue weighted by Crippen LogP contribution is -2.52. The summed E-state index contributed by atoms with van der Waals surface area (Å²) in [4.78, 5) is 17.5. The third-order valence-electron chi connectivity index (χ3n) is 5.43. The Labute approximate surface area is 173 Å². The van der Waals surface area contributed by atoms with Crippen LogP contribution in [0.25, 0.3) is 0 Å². The van der Waals surface area contributed by atoms with Crippen molar-refractivity contribution in [3.8, 4) is 0 Å². The maximum atomic E-state index is 14.8. The van der Waals surface area contributed by atoms with Crippen LogP contribution in [0.4, 0.5) is 4.39 Å². The lowest BCUT2D eigenvalue weighted by molar-refractivity contribution is -0.0837. The highest BCUT2D eigenvalue weighted by atomic mass is 32.2. The van der Waals surface area contributed by atoms with Crippen LogP contribution in [0.3, 0.4) is 0 Å². The third-order valence-corrected chi connectivity index (χ3v) is 6.47. The lowest BCUT2D eigenvalue weighted by atomic mass is 9.75. The zero-order chi connectivity index (χ0) is 20.3. The minimum atomic E-state index is -0.861. The summed E-state index contributed by atoms with van der Waals surface area (Å²) in [5, 5.41) is 3.38. The van der Waals surface area contributed by atoms with E-state index in [2.05, 4.69) is 5.32 Å². The molecule has 2 heterocycles. The molecule has 0 spiro atoms. The smallest absolute Gasteiger partial charge is 0.257 e. The van der Waals surface area contributed by atoms with Crippen LogP contribution in [0.1, 0.15) is 22.3 Å². The number of halogens is 1. The van der Waals surface area contributed by atoms with E-state index in [0.717, 1.165) is 6.42 Å². The predicted octanol–water partition coefficient (Wildman–Crippen LogP) is 3.61. The largest absolute Gasteiger partial charge is 0.382 e. The van der Waals surface area contributed by atoms with E-state index in [1.54, 1.807) is 31.4 Å². The number of hydrogen-bond donors (Lipinski definition) is 1. The number of benzene rings is 2. The van der Waals surface area contributed by atoms with Crippen molar-refractivity contribution in [1.29, 1.82) is 0 Å². The number of hydrogen-bond acceptors (Lipinski definition) is 5. The van der Waals surface area contributed by atoms with Crippen LogP contribution in [-0.2, 0) is 15.0 Å². The topological polar surface area (TPSA) is 59.9 Å². The van der Waals surface area contributed by atoms with Gasteiger partial charge in [-0.1, -0.05) is 48.2 Å². The molecule has 5 nitrogen and oxygen atoms in total. The highest BCUT2D eigenvalue weighted by Gasteiger charge is 2.49. The molecule has 2 aliphatic heterocycles. The van der Waals surface area contributed by atoms with Crippen LogP contribution in [-0.4, -0.2) is 43.3 Å². The van der Waals surface area contributed by atoms with Gasteiger partial charge in [0.25, 0.3) is 5.91 Å². The molecule has 1 fully saturated rings. The van der Waals surface area contributed by atoms with E-state index < -0.39 is 5.54 Å². The van der Waals surface area contributed by atoms with E-state index in [9.17, 15) is 9.18 Å². The normalized spacial score (nSPS) is 26.3. The van der Waals surface area contributed by atoms with Gasteiger partial charge in [0.2, 0.25) is 0 Å². The minimum Gasteiger partial charge on any atom is -0.382 e. The zero-order valence-electron chi connectivity index (χ0n) is 16.1. The Kier molecular flexibility index (Phi) is 5.99. The molecule has 1 amide bonds. The summed E-state index contributed by atoms with van der Waals surface area (Å²) in [5.74, 6) is 0.255. The monoisotopic (exact) mass is 414 g/mol. The second-order valence-corrected chi connectivity index (χ2v) is 8.28. The van der Waals surface area contributed by atoms with Crippen LogP contribution in [0.15, 0.2) is 59.6 Å². The number of carbonyl (C=O) groups is 1. The number of aliphatic imine (C=N–C) groups is 1. The van der Waals surface area contributed by atoms with Crippen LogP contribution >= 0.6 is 11.8 Å². The molecule has 1 saturated heterocycles. The Morgan fingerprint density at radius 1 is 1.28 bits per heavy atom. The first-order valence-corrected chi connectivity index (χ1v) is 10.6. The van der Waals surface area contributed by atoms with Gasteiger partial charge in [-0.25, -0.2) is 9.38 Å². The average Bonchev–Trinajstić information content (AvgIpc) is 2.75. The van der Waals surface area contributed by atoms with Crippen LogP contribution in [0.2, 0.25) is 0 Å². The summed E-state index contributed by atoms with van der Waals surface area (Å²) in [6, 6.07) is 15.7. The van der Waals surface area contributed by atoms with Crippen molar-refractivity contribution in [2.24, 2.45) is 10.9 Å². The summed E-state index contributed by atoms with van der Waals surface area (Å²) in [6.07, 6.45) is 0.680. The van der Waals surface area contributed by atoms with Crippen molar-refractivity contribution in [3.05, 3.63) is 71.5 Å². The molecule has 0 bridgehead atoms. The molecule has 2 aromatic rings. The van der Waals surface area contributed by atoms with Crippen LogP contribution in [0.5, 0.6) is 0 Å². The number of rotatable bonds is 4. The van der Waals surface area contributed by atoms with Gasteiger partial charge in [-0.2, -0.15) is 0 Å². The fourth-order valence-corrected chi connectivity index (χ4v) is 5.12. The van der Waals surface area contributed by atoms with Crippen LogP contribution < -0.4 is 5.32 Å². The maximum absolute atomic E-state index is 14.8. The van der Waals surface area contributed by atoms with Gasteiger partial charge in [0.1, 0.15) is 11.4 Å². The second kappa shape index (κ2) is 8.65. The van der Waals surface area contributed by atoms with Gasteiger partial charge in [0.05, 0.1) is 19.3 Å². The van der Waals surface area contributed by atoms with E-state index in [-0.39, 0.29) is 30.4 Å². The number of methoxy groups -OCH3 is 1. The van der Waals surface area contributed by atoms with Crippen molar-refractivity contribution in [1.82, 2.24) is 5.32 Å². The number of amides is 1. The standard InChI is InChI=1S/C22H23FN2O3S/c1-27-12-17-11-16-13-29-21(24-20(26)15-7-3-2-4-8-15)25-22(16,14-28-17)18-9-5-6-10-19(18)23/h2-10,16-17H,11-14H2,1H3,(H,24,25,26)/t16?,17-,22?/m1/s1. The molecule has 7 heteroatoms. The molecule has 0 aromatic heterocycles. The first-order valence-electron chi connectivity index (χ1n) is 9.57. The molecule has 0 radical (unpaired) electrons. The molecular formula is C22H23FN2O3S. The minimum absolute atomic E-state index is 0.0406. The second-order valence-electron chi connectivity index (χ2n) is 7.27. The summed E-state index contributed by atoms with van der Waals surface area (Å²) in [5.41, 5.74) is 0.200. The SMILES string of the molecule is COC[C@H]1CC2CSC(NC(=O)c3ccccc3)=NC2(c2ccccc2F)CO1. The number of carbonyl (C=O) groups excluding carboxylic acids is 1. The molecular weight excluding hydrogens is 391 g/mol. The molecule has 2 aromatic carbocycles. The predicted molar refractivity (Wildman–Crippen MR) is 112 cm³/mol. The van der Waals surface area contributed by atoms with Crippen molar-refractivity contribution in [3.63, 3.8) is 0 Å². The van der Waals surface area contributed by atoms with E-state index in [1.165, 1.54) is 17.8 Å². The Morgan fingerprint density at radius 3 is 2.79 bits per heavy atom. The van der Waals surface area contributed by atoms with Gasteiger partial charge < -0.3 is 14.8 Å². The third kappa shape index (κ3) is 4.08. The van der Waals surface area contributed by atoms with Gasteiger partial charge in [-0.3, -0.25) is 4.79 Å². The van der Waals surface area contributed by atoms with E-state index >= 15 is 0 Å². The Bertz CT molecular complexity index is 908. The van der Waals surface area contributed by atoms with E-state index in [0.29, 0.717) is 28.7 Å². The molecule has 3 atom stereocenters. The summed E-state index contributed by atoms with van der Waals surface area (Å²) < 4.78 is 26.1. The highest BCUT2D eigenvalue weighted by molar-refractivity contribution is 8.13. The summed E-state index contributed by atoms with van der Waals surface area (Å²) in [6.45, 7) is 0.744. The van der Waals surface area contributed by atoms with Gasteiger partial charge >= 0.3 is 0 Å². The van der Waals surface area contributed by atoms with Crippen molar-refractivity contribution < 1.29 is 18.7 Å². The van der Waals surface area contributed by atoms with Gasteiger partial charge in [-0.15, -0.1) is 0 Å². The molecule has 2 unspecified atom stereocenters. The Balaban J connectivity index is 1.67. The fourth-order valence-electron chi connectivity index (χ4n) is 3.96. The number of nitrogens with one attached hydrogen (secondary N) is 1. The number of nitrogens with zero attached hydrogens (tertiary/aromatic N) is 1. The van der Waals surface area contributed by atoms with Gasteiger partial charge in [0.15, 0.2) is 5.17 Å². The zero-order valence-corrected chi connectivity index (χ0v) is 17.0. The Hall–Kier alpha value is -2.22. The van der Waals surface area contributed by atoms with Crippen molar-refractivity contribution in [2.45, 2.75) is 18.1 Å². The molecule has 0 saturated carbocycles. The van der Waals surface area contributed by atoms with Crippen molar-refractivity contribution >= 4 is 22.8 Å². The molecule has 4 rings (SSSR count). The Morgan fingerprint density at radius 2 is 2.03 bits per heavy atom. The quantitative estimate of drug-likeness (QED) is 0.831. The highest BCUT2D eigenvalue weighted by Crippen LogP contribution is 2.46. The number of thioether (sulfide) groups is 1. The first kappa shape index (κ1) is 20.1. The summed E-state index contributed by atoms with van der Waals surface area (Å²) in [7, 11) is 1.65. The molecule has 1 N–H and O–H groups in total. The molecule has 29 heavy (non-hydrogen) atoms. The molecule has 2 aliphatic rings. The van der Waals surface area contributed by atoms with Gasteiger partial charge in [0, 0.05) is 29.9 Å². The van der Waals surface area contributed by atoms with E-state index in [1.807, 2.05) is 24.3 Å². The molecule has 0 aliphatic carbocycles.